The van der Waals surface area contributed by atoms with Gasteiger partial charge in [-0.15, -0.1) is 0 Å². The Hall–Kier alpha value is -2.65. The fourth-order valence-corrected chi connectivity index (χ4v) is 5.38. The second-order valence-electron chi connectivity index (χ2n) is 12.1. The number of hydrogen-bond acceptors (Lipinski definition) is 5. The zero-order valence-electron chi connectivity index (χ0n) is 22.5. The van der Waals surface area contributed by atoms with Crippen molar-refractivity contribution < 1.29 is 27.8 Å². The number of fused-ring (bicyclic) bond motifs is 1. The fourth-order valence-electron chi connectivity index (χ4n) is 5.38. The molecule has 3 N–H and O–H groups in total. The van der Waals surface area contributed by atoms with Crippen molar-refractivity contribution in [2.24, 2.45) is 5.41 Å². The number of nitrogens with one attached hydrogen (secondary N) is 2. The maximum Gasteiger partial charge on any atom is 0.416 e. The number of aromatic nitrogens is 1. The van der Waals surface area contributed by atoms with Gasteiger partial charge in [-0.1, -0.05) is 32.9 Å². The van der Waals surface area contributed by atoms with Crippen molar-refractivity contribution >= 4 is 5.91 Å². The number of rotatable bonds is 8. The van der Waals surface area contributed by atoms with E-state index in [1.807, 2.05) is 6.20 Å². The molecule has 2 aromatic rings. The lowest BCUT2D eigenvalue weighted by Gasteiger charge is -2.47. The summed E-state index contributed by atoms with van der Waals surface area (Å²) in [6.45, 7) is 8.08. The maximum absolute atomic E-state index is 12.9. The highest BCUT2D eigenvalue weighted by molar-refractivity contribution is 5.73. The summed E-state index contributed by atoms with van der Waals surface area (Å²) < 4.78 is 45.1. The summed E-state index contributed by atoms with van der Waals surface area (Å²) in [6.07, 6.45) is 1.35. The molecule has 6 nitrogen and oxygen atoms in total. The molecule has 2 aliphatic rings. The van der Waals surface area contributed by atoms with Gasteiger partial charge in [0.1, 0.15) is 5.60 Å². The topological polar surface area (TPSA) is 83.5 Å². The molecule has 0 bridgehead atoms. The molecule has 0 saturated heterocycles. The Morgan fingerprint density at radius 3 is 2.42 bits per heavy atom. The Bertz CT molecular complexity index is 1120. The highest BCUT2D eigenvalue weighted by atomic mass is 19.4. The lowest BCUT2D eigenvalue weighted by Crippen LogP contribution is -2.52. The van der Waals surface area contributed by atoms with E-state index >= 15 is 0 Å². The average Bonchev–Trinajstić information content (AvgIpc) is 2.79. The van der Waals surface area contributed by atoms with E-state index < -0.39 is 23.9 Å². The molecule has 1 spiro atoms. The summed E-state index contributed by atoms with van der Waals surface area (Å²) in [6, 6.07) is 6.19. The summed E-state index contributed by atoms with van der Waals surface area (Å²) in [4.78, 5) is 16.5. The van der Waals surface area contributed by atoms with Gasteiger partial charge in [0.15, 0.2) is 0 Å². The monoisotopic (exact) mass is 533 g/mol. The number of carbonyl (C=O) groups excluding carboxylic acids is 1. The Balaban J connectivity index is 1.48. The Kier molecular flexibility index (Phi) is 8.09. The van der Waals surface area contributed by atoms with E-state index in [2.05, 4.69) is 42.5 Å². The fraction of sp³-hybridized carbons (Fsp3) is 0.586. The van der Waals surface area contributed by atoms with Gasteiger partial charge >= 0.3 is 6.18 Å². The molecule has 1 aliphatic heterocycles. The molecular weight excluding hydrogens is 495 g/mol. The maximum atomic E-state index is 12.9. The minimum atomic E-state index is -4.42. The van der Waals surface area contributed by atoms with Crippen molar-refractivity contribution in [3.8, 4) is 5.88 Å². The largest absolute Gasteiger partial charge is 0.471 e. The first-order valence-corrected chi connectivity index (χ1v) is 13.3. The van der Waals surface area contributed by atoms with Crippen molar-refractivity contribution in [3.05, 3.63) is 58.8 Å². The number of nitrogens with zero attached hydrogens (tertiary/aromatic N) is 1. The van der Waals surface area contributed by atoms with Crippen LogP contribution in [0.1, 0.15) is 81.7 Å². The van der Waals surface area contributed by atoms with Gasteiger partial charge in [-0.2, -0.15) is 13.2 Å². The lowest BCUT2D eigenvalue weighted by atomic mass is 9.73. The van der Waals surface area contributed by atoms with Gasteiger partial charge in [-0.3, -0.25) is 4.79 Å². The van der Waals surface area contributed by atoms with E-state index in [-0.39, 0.29) is 35.9 Å². The van der Waals surface area contributed by atoms with E-state index in [4.69, 9.17) is 4.74 Å². The summed E-state index contributed by atoms with van der Waals surface area (Å²) in [5, 5.41) is 17.3. The highest BCUT2D eigenvalue weighted by Crippen LogP contribution is 2.48. The first kappa shape index (κ1) is 28.4. The molecule has 3 atom stereocenters. The second kappa shape index (κ2) is 10.8. The number of ether oxygens (including phenoxy) is 1. The highest BCUT2D eigenvalue weighted by Gasteiger charge is 2.46. The third-order valence-corrected chi connectivity index (χ3v) is 7.36. The van der Waals surface area contributed by atoms with E-state index in [0.29, 0.717) is 11.4 Å². The molecule has 1 aromatic heterocycles. The van der Waals surface area contributed by atoms with Gasteiger partial charge in [0.2, 0.25) is 11.8 Å². The van der Waals surface area contributed by atoms with Crippen LogP contribution in [0.2, 0.25) is 0 Å². The SMILES string of the molecule is CC(=O)N[C@@H](Cc1ccc(C(F)(F)F)cc1)[C@H](O)CN[C@H]1CC2(CCC2)Oc2ncc(CC(C)(C)C)cc21. The van der Waals surface area contributed by atoms with Crippen LogP contribution in [0.4, 0.5) is 13.2 Å². The number of hydrogen-bond donors (Lipinski definition) is 3. The number of amides is 1. The zero-order chi connectivity index (χ0) is 27.7. The smallest absolute Gasteiger partial charge is 0.416 e. The summed E-state index contributed by atoms with van der Waals surface area (Å²) >= 11 is 0. The van der Waals surface area contributed by atoms with Crippen LogP contribution in [0.3, 0.4) is 0 Å². The number of pyridine rings is 1. The summed E-state index contributed by atoms with van der Waals surface area (Å²) in [5.41, 5.74) is 1.80. The van der Waals surface area contributed by atoms with Crippen LogP contribution in [-0.2, 0) is 23.8 Å². The summed E-state index contributed by atoms with van der Waals surface area (Å²) in [5.74, 6) is 0.311. The van der Waals surface area contributed by atoms with Crippen LogP contribution >= 0.6 is 0 Å². The minimum Gasteiger partial charge on any atom is -0.471 e. The number of halogens is 3. The van der Waals surface area contributed by atoms with Crippen LogP contribution in [0, 0.1) is 5.41 Å². The Morgan fingerprint density at radius 1 is 1.18 bits per heavy atom. The van der Waals surface area contributed by atoms with E-state index in [1.165, 1.54) is 19.1 Å². The van der Waals surface area contributed by atoms with Gasteiger partial charge in [0, 0.05) is 37.7 Å². The first-order valence-electron chi connectivity index (χ1n) is 13.3. The average molecular weight is 534 g/mol. The zero-order valence-corrected chi connectivity index (χ0v) is 22.5. The third kappa shape index (κ3) is 7.05. The molecule has 1 aliphatic carbocycles. The van der Waals surface area contributed by atoms with Crippen LogP contribution < -0.4 is 15.4 Å². The van der Waals surface area contributed by atoms with Gasteiger partial charge < -0.3 is 20.5 Å². The molecule has 1 fully saturated rings. The first-order chi connectivity index (χ1) is 17.7. The number of aliphatic hydroxyl groups is 1. The number of carbonyl (C=O) groups is 1. The van der Waals surface area contributed by atoms with Gasteiger partial charge in [-0.05, 0) is 66.8 Å². The van der Waals surface area contributed by atoms with Crippen molar-refractivity contribution in [2.75, 3.05) is 6.54 Å². The van der Waals surface area contributed by atoms with Crippen LogP contribution in [0.5, 0.6) is 5.88 Å². The van der Waals surface area contributed by atoms with Crippen LogP contribution in [-0.4, -0.2) is 40.3 Å². The standard InChI is InChI=1S/C29H38F3N3O3/c1-18(36)35-23(13-19-6-8-21(9-7-19)29(30,31)32)25(37)17-33-24-15-28(10-5-11-28)38-26-22(24)12-20(16-34-26)14-27(2,3)4/h6-9,12,16,23-25,33,37H,5,10-11,13-15,17H2,1-4H3,(H,35,36)/t23-,24-,25+/m0/s1. The van der Waals surface area contributed by atoms with Crippen molar-refractivity contribution in [2.45, 2.75) is 96.2 Å². The molecule has 1 aromatic carbocycles. The number of alkyl halides is 3. The van der Waals surface area contributed by atoms with Crippen molar-refractivity contribution in [1.29, 1.82) is 0 Å². The minimum absolute atomic E-state index is 0.0786. The number of aliphatic hydroxyl groups excluding tert-OH is 1. The lowest BCUT2D eigenvalue weighted by molar-refractivity contribution is -0.137. The molecule has 208 valence electrons. The van der Waals surface area contributed by atoms with Crippen LogP contribution in [0.15, 0.2) is 36.5 Å². The number of benzene rings is 1. The van der Waals surface area contributed by atoms with E-state index in [9.17, 15) is 23.1 Å². The quantitative estimate of drug-likeness (QED) is 0.438. The predicted octanol–water partition coefficient (Wildman–Crippen LogP) is 5.13. The van der Waals surface area contributed by atoms with Gasteiger partial charge in [0.25, 0.3) is 0 Å². The third-order valence-electron chi connectivity index (χ3n) is 7.36. The Labute approximate surface area is 222 Å². The van der Waals surface area contributed by atoms with Gasteiger partial charge in [0.05, 0.1) is 17.7 Å². The Morgan fingerprint density at radius 2 is 1.87 bits per heavy atom. The normalized spacial score (nSPS) is 20.2. The van der Waals surface area contributed by atoms with E-state index in [0.717, 1.165) is 55.4 Å². The van der Waals surface area contributed by atoms with Gasteiger partial charge in [-0.25, -0.2) is 4.98 Å². The van der Waals surface area contributed by atoms with Crippen molar-refractivity contribution in [1.82, 2.24) is 15.6 Å². The molecule has 1 saturated carbocycles. The van der Waals surface area contributed by atoms with Crippen LogP contribution in [0.25, 0.3) is 0 Å². The molecular formula is C29H38F3N3O3. The molecule has 4 rings (SSSR count). The van der Waals surface area contributed by atoms with Crippen molar-refractivity contribution in [3.63, 3.8) is 0 Å². The molecule has 9 heteroatoms. The van der Waals surface area contributed by atoms with E-state index in [1.54, 1.807) is 0 Å². The summed E-state index contributed by atoms with van der Waals surface area (Å²) in [7, 11) is 0. The molecule has 0 radical (unpaired) electrons. The molecule has 38 heavy (non-hydrogen) atoms. The molecule has 0 unspecified atom stereocenters. The molecule has 2 heterocycles. The predicted molar refractivity (Wildman–Crippen MR) is 139 cm³/mol. The second-order valence-corrected chi connectivity index (χ2v) is 12.1. The molecule has 1 amide bonds.